The third-order valence-electron chi connectivity index (χ3n) is 2.52. The molecule has 0 bridgehead atoms. The Balaban J connectivity index is 4.25. The van der Waals surface area contributed by atoms with Gasteiger partial charge in [0.05, 0.1) is 32.1 Å². The molecule has 0 spiro atoms. The van der Waals surface area contributed by atoms with Crippen LogP contribution < -0.4 is 0 Å². The van der Waals surface area contributed by atoms with Crippen molar-refractivity contribution in [3.63, 3.8) is 0 Å². The molecule has 0 unspecified atom stereocenters. The summed E-state index contributed by atoms with van der Waals surface area (Å²) in [5.74, 6) is 0. The molecule has 0 radical (unpaired) electrons. The van der Waals surface area contributed by atoms with Gasteiger partial charge in [-0.3, -0.25) is 4.57 Å². The van der Waals surface area contributed by atoms with E-state index in [2.05, 4.69) is 6.07 Å². The van der Waals surface area contributed by atoms with Crippen molar-refractivity contribution in [1.29, 1.82) is 5.26 Å². The molecule has 1 N–H and O–H groups in total. The normalized spacial score (nSPS) is 11.7. The highest BCUT2D eigenvalue weighted by Gasteiger charge is 2.24. The summed E-state index contributed by atoms with van der Waals surface area (Å²) in [6, 6.07) is 2.08. The summed E-state index contributed by atoms with van der Waals surface area (Å²) in [4.78, 5) is 1.97. The van der Waals surface area contributed by atoms with E-state index in [1.165, 1.54) is 0 Å². The van der Waals surface area contributed by atoms with Crippen LogP contribution in [0.1, 0.15) is 26.7 Å². The molecular weight excluding hydrogens is 267 g/mol. The van der Waals surface area contributed by atoms with Crippen LogP contribution in [0, 0.1) is 11.3 Å². The Kier molecular flexibility index (Phi) is 11.1. The number of hydrogen-bond donors (Lipinski definition) is 1. The lowest BCUT2D eigenvalue weighted by Gasteiger charge is -2.23. The predicted molar refractivity (Wildman–Crippen MR) is 74.1 cm³/mol. The smallest absolute Gasteiger partial charge is 0.331 e. The molecule has 0 amide bonds. The van der Waals surface area contributed by atoms with Gasteiger partial charge in [0.2, 0.25) is 0 Å². The summed E-state index contributed by atoms with van der Waals surface area (Å²) in [6.45, 7) is 6.05. The van der Waals surface area contributed by atoms with E-state index < -0.39 is 7.60 Å². The van der Waals surface area contributed by atoms with Gasteiger partial charge in [-0.15, -0.1) is 0 Å². The van der Waals surface area contributed by atoms with Crippen molar-refractivity contribution < 1.29 is 18.7 Å². The average molecular weight is 292 g/mol. The lowest BCUT2D eigenvalue weighted by molar-refractivity contribution is 0.189. The molecule has 7 heteroatoms. The largest absolute Gasteiger partial charge is 0.395 e. The van der Waals surface area contributed by atoms with Gasteiger partial charge in [-0.2, -0.15) is 5.26 Å². The molecule has 0 aliphatic carbocycles. The molecule has 0 aromatic rings. The topological polar surface area (TPSA) is 82.8 Å². The summed E-state index contributed by atoms with van der Waals surface area (Å²) in [5, 5.41) is 17.5. The monoisotopic (exact) mass is 292 g/mol. The Bertz CT molecular complexity index is 297. The van der Waals surface area contributed by atoms with E-state index in [9.17, 15) is 4.57 Å². The minimum Gasteiger partial charge on any atom is -0.395 e. The van der Waals surface area contributed by atoms with Crippen LogP contribution in [0.4, 0.5) is 0 Å². The third kappa shape index (κ3) is 9.15. The van der Waals surface area contributed by atoms with Crippen molar-refractivity contribution in [2.24, 2.45) is 0 Å². The van der Waals surface area contributed by atoms with Crippen molar-refractivity contribution in [2.45, 2.75) is 26.7 Å². The van der Waals surface area contributed by atoms with Gasteiger partial charge in [-0.1, -0.05) is 0 Å². The van der Waals surface area contributed by atoms with Crippen LogP contribution in [-0.2, 0) is 13.6 Å². The number of rotatable bonds is 12. The van der Waals surface area contributed by atoms with E-state index in [4.69, 9.17) is 19.4 Å². The Morgan fingerprint density at radius 2 is 1.84 bits per heavy atom. The number of aliphatic hydroxyl groups is 1. The Morgan fingerprint density at radius 1 is 1.21 bits per heavy atom. The Morgan fingerprint density at radius 3 is 2.32 bits per heavy atom. The van der Waals surface area contributed by atoms with E-state index in [0.29, 0.717) is 45.4 Å². The zero-order valence-corrected chi connectivity index (χ0v) is 12.8. The fourth-order valence-corrected chi connectivity index (χ4v) is 3.33. The van der Waals surface area contributed by atoms with Crippen LogP contribution in [0.3, 0.4) is 0 Å². The maximum absolute atomic E-state index is 12.3. The van der Waals surface area contributed by atoms with Gasteiger partial charge in [-0.05, 0) is 26.8 Å². The fourth-order valence-electron chi connectivity index (χ4n) is 1.68. The number of unbranched alkanes of at least 4 members (excludes halogenated alkanes) is 1. The first-order chi connectivity index (χ1) is 9.11. The van der Waals surface area contributed by atoms with Crippen molar-refractivity contribution in [3.8, 4) is 6.07 Å². The molecule has 0 fully saturated rings. The number of hydrogen-bond acceptors (Lipinski definition) is 6. The molecular formula is C12H25N2O4P. The van der Waals surface area contributed by atoms with Crippen molar-refractivity contribution in [1.82, 2.24) is 4.90 Å². The fraction of sp³-hybridized carbons (Fsp3) is 0.917. The Hall–Kier alpha value is -0.440. The first-order valence-electron chi connectivity index (χ1n) is 6.70. The summed E-state index contributed by atoms with van der Waals surface area (Å²) >= 11 is 0. The molecule has 0 saturated heterocycles. The van der Waals surface area contributed by atoms with E-state index in [1.807, 2.05) is 4.90 Å². The molecule has 0 aromatic heterocycles. The zero-order chi connectivity index (χ0) is 14.6. The van der Waals surface area contributed by atoms with Gasteiger partial charge in [0.15, 0.2) is 0 Å². The van der Waals surface area contributed by atoms with Crippen molar-refractivity contribution in [3.05, 3.63) is 0 Å². The van der Waals surface area contributed by atoms with Gasteiger partial charge in [-0.25, -0.2) is 0 Å². The van der Waals surface area contributed by atoms with Crippen molar-refractivity contribution >= 4 is 7.60 Å². The third-order valence-corrected chi connectivity index (χ3v) is 4.57. The predicted octanol–water partition coefficient (Wildman–Crippen LogP) is 1.85. The van der Waals surface area contributed by atoms with Gasteiger partial charge in [0.25, 0.3) is 0 Å². The number of aliphatic hydroxyl groups excluding tert-OH is 1. The Labute approximate surface area is 115 Å². The van der Waals surface area contributed by atoms with E-state index >= 15 is 0 Å². The first-order valence-corrected chi connectivity index (χ1v) is 8.43. The highest BCUT2D eigenvalue weighted by molar-refractivity contribution is 7.53. The van der Waals surface area contributed by atoms with Crippen LogP contribution >= 0.6 is 7.60 Å². The highest BCUT2D eigenvalue weighted by atomic mass is 31.2. The second kappa shape index (κ2) is 11.4. The van der Waals surface area contributed by atoms with Gasteiger partial charge < -0.3 is 19.1 Å². The lowest BCUT2D eigenvalue weighted by atomic mass is 10.3. The molecule has 0 aliphatic rings. The molecule has 0 saturated carbocycles. The van der Waals surface area contributed by atoms with E-state index in [1.54, 1.807) is 13.8 Å². The van der Waals surface area contributed by atoms with Gasteiger partial charge >= 0.3 is 7.60 Å². The molecule has 19 heavy (non-hydrogen) atoms. The lowest BCUT2D eigenvalue weighted by Crippen LogP contribution is -2.31. The molecule has 0 atom stereocenters. The summed E-state index contributed by atoms with van der Waals surface area (Å²) in [7, 11) is -3.02. The van der Waals surface area contributed by atoms with Crippen LogP contribution in [0.5, 0.6) is 0 Å². The minimum atomic E-state index is -3.02. The quantitative estimate of drug-likeness (QED) is 0.436. The summed E-state index contributed by atoms with van der Waals surface area (Å²) < 4.78 is 22.7. The van der Waals surface area contributed by atoms with E-state index in [0.717, 1.165) is 6.42 Å². The molecule has 112 valence electrons. The standard InChI is InChI=1S/C12H25N2O4P/c1-3-17-19(16,18-4-2)12-10-14(9-11-15)8-6-5-7-13/h15H,3-6,8-12H2,1-2H3. The van der Waals surface area contributed by atoms with Crippen molar-refractivity contribution in [2.75, 3.05) is 45.6 Å². The maximum Gasteiger partial charge on any atom is 0.331 e. The minimum absolute atomic E-state index is 0.0418. The summed E-state index contributed by atoms with van der Waals surface area (Å²) in [5.41, 5.74) is 0. The molecule has 0 heterocycles. The summed E-state index contributed by atoms with van der Waals surface area (Å²) in [6.07, 6.45) is 1.53. The van der Waals surface area contributed by atoms with Crippen LogP contribution in [-0.4, -0.2) is 55.6 Å². The maximum atomic E-state index is 12.3. The first kappa shape index (κ1) is 18.6. The SMILES string of the molecule is CCOP(=O)(CCN(CCO)CCCC#N)OCC. The second-order valence-electron chi connectivity index (χ2n) is 4.00. The highest BCUT2D eigenvalue weighted by Crippen LogP contribution is 2.47. The molecule has 6 nitrogen and oxygen atoms in total. The van der Waals surface area contributed by atoms with Gasteiger partial charge in [0.1, 0.15) is 0 Å². The number of nitriles is 1. The second-order valence-corrected chi connectivity index (χ2v) is 6.18. The average Bonchev–Trinajstić information content (AvgIpc) is 2.37. The zero-order valence-electron chi connectivity index (χ0n) is 11.9. The molecule has 0 rings (SSSR count). The molecule has 0 aliphatic heterocycles. The van der Waals surface area contributed by atoms with E-state index in [-0.39, 0.29) is 6.61 Å². The van der Waals surface area contributed by atoms with Crippen LogP contribution in [0.25, 0.3) is 0 Å². The number of nitrogens with zero attached hydrogens (tertiary/aromatic N) is 2. The van der Waals surface area contributed by atoms with Crippen LogP contribution in [0.2, 0.25) is 0 Å². The van der Waals surface area contributed by atoms with Gasteiger partial charge in [0, 0.05) is 19.5 Å². The molecule has 0 aromatic carbocycles. The van der Waals surface area contributed by atoms with Crippen LogP contribution in [0.15, 0.2) is 0 Å².